The summed E-state index contributed by atoms with van der Waals surface area (Å²) in [6, 6.07) is -10.3. The molecule has 19 heteroatoms. The monoisotopic (exact) mass is 747 g/mol. The lowest BCUT2D eigenvalue weighted by molar-refractivity contribution is -0.144. The molecule has 0 unspecified atom stereocenters. The standard InChI is InChI=1S/C33H61N7O12/c1-10-14(4)21(35-30(48)24(17(7)42)38-27(45)20(34)13-41)28(46)39-25(18(8)43)31(49)36-22(15(5)11-2)29(47)40-26(19(9)44)32(50)37-23(33(51)52)16(6)12-3/h14-26,41-44H,10-13,34H2,1-9H3,(H,35,48)(H,36,49)(H,37,50)(H,38,45)(H,39,46)(H,40,47)(H,51,52)/t14-,15-,16-,17+,18+,19+,20-,21-,22-,23-,24-,25-,26-/m0/s1. The molecule has 0 aromatic carbocycles. The fourth-order valence-electron chi connectivity index (χ4n) is 4.86. The number of aliphatic carboxylic acids is 1. The van der Waals surface area contributed by atoms with Crippen LogP contribution in [-0.4, -0.2) is 134 Å². The third-order valence-corrected chi connectivity index (χ3v) is 9.08. The predicted molar refractivity (Wildman–Crippen MR) is 188 cm³/mol. The number of carboxylic acids is 1. The Morgan fingerprint density at radius 3 is 0.942 bits per heavy atom. The van der Waals surface area contributed by atoms with E-state index in [0.717, 1.165) is 0 Å². The molecular formula is C33H61N7O12. The predicted octanol–water partition coefficient (Wildman–Crippen LogP) is -3.42. The first-order chi connectivity index (χ1) is 24.1. The average Bonchev–Trinajstić information content (AvgIpc) is 3.08. The van der Waals surface area contributed by atoms with Gasteiger partial charge >= 0.3 is 5.97 Å². The van der Waals surface area contributed by atoms with E-state index in [9.17, 15) is 54.0 Å². The van der Waals surface area contributed by atoms with E-state index in [2.05, 4.69) is 31.9 Å². The minimum Gasteiger partial charge on any atom is -0.480 e. The molecule has 52 heavy (non-hydrogen) atoms. The molecule has 300 valence electrons. The van der Waals surface area contributed by atoms with Crippen LogP contribution in [-0.2, 0) is 33.6 Å². The SMILES string of the molecule is CC[C@H](C)[C@H](NC(=O)[C@@H](NC(=O)[C@@H](NC(=O)[C@@H](NC(=O)[C@@H](NC(=O)[C@@H](NC(=O)[C@@H](N)CO)[C@@H](C)O)[C@@H](C)CC)[C@@H](C)O)[C@@H](C)CC)[C@@H](C)O)C(=O)O. The van der Waals surface area contributed by atoms with Crippen LogP contribution in [0.15, 0.2) is 0 Å². The zero-order valence-corrected chi connectivity index (χ0v) is 31.5. The van der Waals surface area contributed by atoms with Crippen LogP contribution in [0.25, 0.3) is 0 Å². The number of nitrogens with two attached hydrogens (primary N) is 1. The van der Waals surface area contributed by atoms with E-state index in [1.165, 1.54) is 20.8 Å². The van der Waals surface area contributed by atoms with Crippen LogP contribution >= 0.6 is 0 Å². The Hall–Kier alpha value is -3.91. The Bertz CT molecular complexity index is 1220. The molecule has 0 aromatic heterocycles. The summed E-state index contributed by atoms with van der Waals surface area (Å²) in [6.07, 6.45) is -3.38. The lowest BCUT2D eigenvalue weighted by atomic mass is 9.95. The van der Waals surface area contributed by atoms with E-state index in [1.54, 1.807) is 41.5 Å². The molecule has 0 bridgehead atoms. The van der Waals surface area contributed by atoms with Crippen LogP contribution in [0, 0.1) is 17.8 Å². The maximum absolute atomic E-state index is 13.6. The highest BCUT2D eigenvalue weighted by Gasteiger charge is 2.38. The van der Waals surface area contributed by atoms with Gasteiger partial charge in [-0.1, -0.05) is 60.8 Å². The smallest absolute Gasteiger partial charge is 0.326 e. The number of nitrogens with one attached hydrogen (secondary N) is 6. The first kappa shape index (κ1) is 48.1. The van der Waals surface area contributed by atoms with Crippen LogP contribution in [0.2, 0.25) is 0 Å². The van der Waals surface area contributed by atoms with Gasteiger partial charge in [-0.05, 0) is 38.5 Å². The van der Waals surface area contributed by atoms with Crippen molar-refractivity contribution < 1.29 is 59.1 Å². The minimum atomic E-state index is -1.67. The second-order valence-corrected chi connectivity index (χ2v) is 13.4. The van der Waals surface area contributed by atoms with Gasteiger partial charge in [-0.15, -0.1) is 0 Å². The molecule has 0 saturated heterocycles. The highest BCUT2D eigenvalue weighted by Crippen LogP contribution is 2.13. The highest BCUT2D eigenvalue weighted by atomic mass is 16.4. The Morgan fingerprint density at radius 2 is 0.692 bits per heavy atom. The normalized spacial score (nSPS) is 18.9. The number of carboxylic acid groups (broad SMARTS) is 1. The van der Waals surface area contributed by atoms with Crippen molar-refractivity contribution in [2.45, 2.75) is 142 Å². The number of rotatable bonds is 23. The van der Waals surface area contributed by atoms with Gasteiger partial charge in [-0.25, -0.2) is 4.79 Å². The molecule has 0 fully saturated rings. The Kier molecular flexibility index (Phi) is 21.2. The van der Waals surface area contributed by atoms with Gasteiger partial charge in [-0.2, -0.15) is 0 Å². The van der Waals surface area contributed by atoms with Crippen LogP contribution in [0.4, 0.5) is 0 Å². The van der Waals surface area contributed by atoms with Crippen molar-refractivity contribution in [1.82, 2.24) is 31.9 Å². The largest absolute Gasteiger partial charge is 0.480 e. The van der Waals surface area contributed by atoms with Crippen molar-refractivity contribution in [3.63, 3.8) is 0 Å². The van der Waals surface area contributed by atoms with Gasteiger partial charge < -0.3 is 63.2 Å². The zero-order chi connectivity index (χ0) is 40.6. The molecule has 0 aliphatic rings. The van der Waals surface area contributed by atoms with E-state index in [1.807, 2.05) is 0 Å². The van der Waals surface area contributed by atoms with E-state index in [0.29, 0.717) is 19.3 Å². The second kappa shape index (κ2) is 22.9. The van der Waals surface area contributed by atoms with Gasteiger partial charge in [0.15, 0.2) is 0 Å². The van der Waals surface area contributed by atoms with Crippen molar-refractivity contribution in [3.8, 4) is 0 Å². The molecule has 0 radical (unpaired) electrons. The van der Waals surface area contributed by atoms with Gasteiger partial charge in [0.05, 0.1) is 24.9 Å². The molecule has 6 amide bonds. The molecule has 0 spiro atoms. The fraction of sp³-hybridized carbons (Fsp3) is 0.788. The molecule has 13 atom stereocenters. The van der Waals surface area contributed by atoms with Gasteiger partial charge in [0.1, 0.15) is 42.3 Å². The summed E-state index contributed by atoms with van der Waals surface area (Å²) >= 11 is 0. The molecule has 0 aromatic rings. The highest BCUT2D eigenvalue weighted by molar-refractivity contribution is 5.97. The maximum Gasteiger partial charge on any atom is 0.326 e. The van der Waals surface area contributed by atoms with Gasteiger partial charge in [0.25, 0.3) is 0 Å². The van der Waals surface area contributed by atoms with E-state index < -0.39 is 126 Å². The summed E-state index contributed by atoms with van der Waals surface area (Å²) in [5.41, 5.74) is 5.49. The molecule has 0 heterocycles. The molecular weight excluding hydrogens is 686 g/mol. The Morgan fingerprint density at radius 1 is 0.462 bits per heavy atom. The van der Waals surface area contributed by atoms with Crippen molar-refractivity contribution >= 4 is 41.4 Å². The summed E-state index contributed by atoms with van der Waals surface area (Å²) in [5, 5.41) is 64.1. The minimum absolute atomic E-state index is 0.330. The summed E-state index contributed by atoms with van der Waals surface area (Å²) < 4.78 is 0. The van der Waals surface area contributed by atoms with Crippen LogP contribution in [0.1, 0.15) is 81.6 Å². The van der Waals surface area contributed by atoms with Gasteiger partial charge in [0.2, 0.25) is 35.4 Å². The van der Waals surface area contributed by atoms with Gasteiger partial charge in [-0.3, -0.25) is 28.8 Å². The summed E-state index contributed by atoms with van der Waals surface area (Å²) in [7, 11) is 0. The Balaban J connectivity index is 6.23. The van der Waals surface area contributed by atoms with Crippen LogP contribution < -0.4 is 37.6 Å². The van der Waals surface area contributed by atoms with Gasteiger partial charge in [0, 0.05) is 0 Å². The van der Waals surface area contributed by atoms with Crippen LogP contribution in [0.5, 0.6) is 0 Å². The Labute approximate surface area is 304 Å². The summed E-state index contributed by atoms with van der Waals surface area (Å²) in [4.78, 5) is 90.9. The summed E-state index contributed by atoms with van der Waals surface area (Å²) in [5.74, 6) is -8.66. The number of carbonyl (C=O) groups is 7. The lowest BCUT2D eigenvalue weighted by Gasteiger charge is -2.32. The zero-order valence-electron chi connectivity index (χ0n) is 31.5. The summed E-state index contributed by atoms with van der Waals surface area (Å²) in [6.45, 7) is 12.9. The first-order valence-electron chi connectivity index (χ1n) is 17.5. The maximum atomic E-state index is 13.6. The van der Waals surface area contributed by atoms with Crippen molar-refractivity contribution in [2.24, 2.45) is 23.5 Å². The number of aliphatic hydroxyl groups is 4. The first-order valence-corrected chi connectivity index (χ1v) is 17.5. The van der Waals surface area contributed by atoms with Crippen molar-refractivity contribution in [1.29, 1.82) is 0 Å². The lowest BCUT2D eigenvalue weighted by Crippen LogP contribution is -2.64. The number of carbonyl (C=O) groups excluding carboxylic acids is 6. The molecule has 0 rings (SSSR count). The van der Waals surface area contributed by atoms with E-state index in [-0.39, 0.29) is 0 Å². The number of hydrogen-bond donors (Lipinski definition) is 12. The average molecular weight is 748 g/mol. The van der Waals surface area contributed by atoms with E-state index >= 15 is 0 Å². The molecule has 19 nitrogen and oxygen atoms in total. The third kappa shape index (κ3) is 14.6. The fourth-order valence-corrected chi connectivity index (χ4v) is 4.86. The second-order valence-electron chi connectivity index (χ2n) is 13.4. The molecule has 13 N–H and O–H groups in total. The molecule has 0 aliphatic carbocycles. The number of hydrogen-bond acceptors (Lipinski definition) is 12. The number of amides is 6. The van der Waals surface area contributed by atoms with Crippen molar-refractivity contribution in [3.05, 3.63) is 0 Å². The number of aliphatic hydroxyl groups excluding tert-OH is 4. The molecule has 0 saturated carbocycles. The molecule has 0 aliphatic heterocycles. The van der Waals surface area contributed by atoms with Crippen molar-refractivity contribution in [2.75, 3.05) is 6.61 Å². The topological polar surface area (TPSA) is 319 Å². The third-order valence-electron chi connectivity index (χ3n) is 9.08. The van der Waals surface area contributed by atoms with Crippen LogP contribution in [0.3, 0.4) is 0 Å². The quantitative estimate of drug-likeness (QED) is 0.0485. The van der Waals surface area contributed by atoms with E-state index in [4.69, 9.17) is 10.8 Å².